The van der Waals surface area contributed by atoms with Crippen LogP contribution in [0.25, 0.3) is 0 Å². The molecule has 13 heavy (non-hydrogen) atoms. The second-order valence-corrected chi connectivity index (χ2v) is 4.41. The topological polar surface area (TPSA) is 58.4 Å². The van der Waals surface area contributed by atoms with Gasteiger partial charge in [-0.05, 0) is 0 Å². The molecule has 4 nitrogen and oxygen atoms in total. The van der Waals surface area contributed by atoms with Gasteiger partial charge in [-0.2, -0.15) is 0 Å². The van der Waals surface area contributed by atoms with E-state index in [0.717, 1.165) is 25.5 Å². The summed E-state index contributed by atoms with van der Waals surface area (Å²) in [6.45, 7) is 4.98. The number of nitrogens with two attached hydrogens (primary N) is 1. The molecular formula is C8H17N3OS. The third-order valence-corrected chi connectivity index (χ3v) is 3.28. The van der Waals surface area contributed by atoms with Crippen molar-refractivity contribution in [3.05, 3.63) is 0 Å². The Morgan fingerprint density at radius 2 is 2.54 bits per heavy atom. The molecule has 0 radical (unpaired) electrons. The Morgan fingerprint density at radius 1 is 1.77 bits per heavy atom. The number of carbonyl (C=O) groups is 1. The Bertz CT molecular complexity index is 177. The lowest BCUT2D eigenvalue weighted by Gasteiger charge is -2.12. The zero-order chi connectivity index (χ0) is 9.68. The van der Waals surface area contributed by atoms with Crippen LogP contribution in [0.2, 0.25) is 0 Å². The van der Waals surface area contributed by atoms with Crippen molar-refractivity contribution in [1.29, 1.82) is 0 Å². The average molecular weight is 203 g/mol. The third kappa shape index (κ3) is 3.54. The molecule has 0 bridgehead atoms. The summed E-state index contributed by atoms with van der Waals surface area (Å²) in [4.78, 5) is 12.9. The van der Waals surface area contributed by atoms with Crippen LogP contribution in [0.3, 0.4) is 0 Å². The minimum Gasteiger partial charge on any atom is -0.333 e. The monoisotopic (exact) mass is 203 g/mol. The van der Waals surface area contributed by atoms with E-state index in [1.807, 2.05) is 16.7 Å². The Kier molecular flexibility index (Phi) is 4.55. The summed E-state index contributed by atoms with van der Waals surface area (Å²) in [5, 5.41) is 3.79. The average Bonchev–Trinajstić information content (AvgIpc) is 2.53. The van der Waals surface area contributed by atoms with Gasteiger partial charge in [0.15, 0.2) is 0 Å². The molecule has 0 spiro atoms. The van der Waals surface area contributed by atoms with Gasteiger partial charge in [0.2, 0.25) is 5.91 Å². The summed E-state index contributed by atoms with van der Waals surface area (Å²) in [6, 6.07) is 0. The second-order valence-electron chi connectivity index (χ2n) is 3.15. The van der Waals surface area contributed by atoms with Crippen molar-refractivity contribution >= 4 is 17.7 Å². The molecule has 1 saturated heterocycles. The highest BCUT2D eigenvalue weighted by molar-refractivity contribution is 8.00. The molecule has 1 aliphatic heterocycles. The lowest BCUT2D eigenvalue weighted by Crippen LogP contribution is -2.33. The van der Waals surface area contributed by atoms with E-state index in [1.54, 1.807) is 6.92 Å². The van der Waals surface area contributed by atoms with E-state index in [2.05, 4.69) is 5.32 Å². The van der Waals surface area contributed by atoms with E-state index in [4.69, 9.17) is 5.73 Å². The van der Waals surface area contributed by atoms with Gasteiger partial charge in [-0.25, -0.2) is 0 Å². The molecule has 1 heterocycles. The van der Waals surface area contributed by atoms with Crippen molar-refractivity contribution in [3.63, 3.8) is 0 Å². The molecule has 0 saturated carbocycles. The van der Waals surface area contributed by atoms with Crippen LogP contribution in [0.4, 0.5) is 0 Å². The van der Waals surface area contributed by atoms with Crippen molar-refractivity contribution in [2.75, 3.05) is 32.1 Å². The van der Waals surface area contributed by atoms with Crippen LogP contribution in [0, 0.1) is 0 Å². The van der Waals surface area contributed by atoms with E-state index in [1.165, 1.54) is 0 Å². The maximum atomic E-state index is 11.0. The Balaban J connectivity index is 2.14. The van der Waals surface area contributed by atoms with E-state index < -0.39 is 0 Å². The zero-order valence-electron chi connectivity index (χ0n) is 7.95. The maximum Gasteiger partial charge on any atom is 0.220 e. The predicted molar refractivity (Wildman–Crippen MR) is 55.6 cm³/mol. The number of hydrogen-bond acceptors (Lipinski definition) is 4. The molecule has 1 unspecified atom stereocenters. The standard InChI is InChI=1S/C8H17N3OS/c1-7(12)11-5-8(13-6-11)4-10-3-2-9/h8,10H,2-6,9H2,1H3. The van der Waals surface area contributed by atoms with Crippen LogP contribution in [0.1, 0.15) is 6.92 Å². The molecule has 1 fully saturated rings. The van der Waals surface area contributed by atoms with Gasteiger partial charge in [0, 0.05) is 38.4 Å². The minimum absolute atomic E-state index is 0.175. The van der Waals surface area contributed by atoms with Gasteiger partial charge in [0.25, 0.3) is 0 Å². The van der Waals surface area contributed by atoms with Crippen molar-refractivity contribution in [2.45, 2.75) is 12.2 Å². The molecule has 0 aromatic rings. The SMILES string of the molecule is CC(=O)N1CSC(CNCCN)C1. The molecular weight excluding hydrogens is 186 g/mol. The van der Waals surface area contributed by atoms with Gasteiger partial charge in [-0.3, -0.25) is 4.79 Å². The summed E-state index contributed by atoms with van der Waals surface area (Å²) in [7, 11) is 0. The highest BCUT2D eigenvalue weighted by Crippen LogP contribution is 2.21. The molecule has 1 aliphatic rings. The molecule has 76 valence electrons. The fourth-order valence-corrected chi connectivity index (χ4v) is 2.45. The fourth-order valence-electron chi connectivity index (χ4n) is 1.25. The van der Waals surface area contributed by atoms with Crippen molar-refractivity contribution in [2.24, 2.45) is 5.73 Å². The Morgan fingerprint density at radius 3 is 3.08 bits per heavy atom. The highest BCUT2D eigenvalue weighted by Gasteiger charge is 2.23. The lowest BCUT2D eigenvalue weighted by atomic mass is 10.3. The van der Waals surface area contributed by atoms with Crippen LogP contribution < -0.4 is 11.1 Å². The number of hydrogen-bond donors (Lipinski definition) is 2. The highest BCUT2D eigenvalue weighted by atomic mass is 32.2. The van der Waals surface area contributed by atoms with E-state index in [9.17, 15) is 4.79 Å². The molecule has 3 N–H and O–H groups in total. The van der Waals surface area contributed by atoms with Crippen LogP contribution in [-0.2, 0) is 4.79 Å². The molecule has 0 aromatic heterocycles. The molecule has 0 aliphatic carbocycles. The molecule has 1 rings (SSSR count). The summed E-state index contributed by atoms with van der Waals surface area (Å²) >= 11 is 1.83. The number of carbonyl (C=O) groups excluding carboxylic acids is 1. The van der Waals surface area contributed by atoms with E-state index >= 15 is 0 Å². The van der Waals surface area contributed by atoms with E-state index in [-0.39, 0.29) is 5.91 Å². The molecule has 1 atom stereocenters. The largest absolute Gasteiger partial charge is 0.333 e. The number of thioether (sulfide) groups is 1. The van der Waals surface area contributed by atoms with Gasteiger partial charge >= 0.3 is 0 Å². The first-order valence-electron chi connectivity index (χ1n) is 4.52. The van der Waals surface area contributed by atoms with Crippen molar-refractivity contribution < 1.29 is 4.79 Å². The van der Waals surface area contributed by atoms with Crippen LogP contribution in [0.5, 0.6) is 0 Å². The number of amides is 1. The Hall–Kier alpha value is -0.260. The molecule has 5 heteroatoms. The first-order valence-corrected chi connectivity index (χ1v) is 5.57. The van der Waals surface area contributed by atoms with Crippen LogP contribution in [-0.4, -0.2) is 48.1 Å². The normalized spacial score (nSPS) is 22.3. The second kappa shape index (κ2) is 5.47. The quantitative estimate of drug-likeness (QED) is 0.602. The molecule has 0 aromatic carbocycles. The van der Waals surface area contributed by atoms with Gasteiger partial charge in [0.1, 0.15) is 0 Å². The van der Waals surface area contributed by atoms with Crippen molar-refractivity contribution in [3.8, 4) is 0 Å². The number of rotatable bonds is 4. The summed E-state index contributed by atoms with van der Waals surface area (Å²) in [5.41, 5.74) is 5.35. The minimum atomic E-state index is 0.175. The van der Waals surface area contributed by atoms with Gasteiger partial charge < -0.3 is 16.0 Å². The summed E-state index contributed by atoms with van der Waals surface area (Å²) < 4.78 is 0. The van der Waals surface area contributed by atoms with Crippen molar-refractivity contribution in [1.82, 2.24) is 10.2 Å². The number of nitrogens with one attached hydrogen (secondary N) is 1. The maximum absolute atomic E-state index is 11.0. The van der Waals surface area contributed by atoms with Gasteiger partial charge in [-0.1, -0.05) is 0 Å². The van der Waals surface area contributed by atoms with E-state index in [0.29, 0.717) is 11.8 Å². The zero-order valence-corrected chi connectivity index (χ0v) is 8.77. The first kappa shape index (κ1) is 10.8. The summed E-state index contributed by atoms with van der Waals surface area (Å²) in [6.07, 6.45) is 0. The van der Waals surface area contributed by atoms with Crippen LogP contribution in [0.15, 0.2) is 0 Å². The smallest absolute Gasteiger partial charge is 0.220 e. The molecule has 1 amide bonds. The van der Waals surface area contributed by atoms with Crippen LogP contribution >= 0.6 is 11.8 Å². The predicted octanol–water partition coefficient (Wildman–Crippen LogP) is -0.544. The summed E-state index contributed by atoms with van der Waals surface area (Å²) in [5.74, 6) is 1.01. The Labute approximate surface area is 83.2 Å². The van der Waals surface area contributed by atoms with Gasteiger partial charge in [0.05, 0.1) is 5.88 Å². The first-order chi connectivity index (χ1) is 6.24. The number of nitrogens with zero attached hydrogens (tertiary/aromatic N) is 1. The lowest BCUT2D eigenvalue weighted by molar-refractivity contribution is -0.127. The third-order valence-electron chi connectivity index (χ3n) is 2.03. The fraction of sp³-hybridized carbons (Fsp3) is 0.875. The van der Waals surface area contributed by atoms with Gasteiger partial charge in [-0.15, -0.1) is 11.8 Å².